The first-order valence-electron chi connectivity index (χ1n) is 9.43. The van der Waals surface area contributed by atoms with Crippen LogP contribution in [0.2, 0.25) is 0 Å². The van der Waals surface area contributed by atoms with Crippen LogP contribution in [-0.4, -0.2) is 49.2 Å². The Morgan fingerprint density at radius 2 is 1.82 bits per heavy atom. The second-order valence-electron chi connectivity index (χ2n) is 6.80. The number of methoxy groups -OCH3 is 1. The van der Waals surface area contributed by atoms with E-state index >= 15 is 0 Å². The summed E-state index contributed by atoms with van der Waals surface area (Å²) in [6, 6.07) is 18.0. The smallest absolute Gasteiger partial charge is 0.250 e. The van der Waals surface area contributed by atoms with Gasteiger partial charge in [-0.1, -0.05) is 42.5 Å². The second-order valence-corrected chi connectivity index (χ2v) is 7.19. The van der Waals surface area contributed by atoms with Crippen molar-refractivity contribution in [2.75, 3.05) is 33.3 Å². The van der Waals surface area contributed by atoms with Gasteiger partial charge in [-0.25, -0.2) is 0 Å². The Morgan fingerprint density at radius 1 is 1.14 bits per heavy atom. The molecule has 1 aliphatic rings. The van der Waals surface area contributed by atoms with E-state index in [1.165, 1.54) is 16.5 Å². The molecule has 1 fully saturated rings. The molecule has 146 valence electrons. The van der Waals surface area contributed by atoms with Crippen LogP contribution in [0.1, 0.15) is 11.1 Å². The van der Waals surface area contributed by atoms with Crippen molar-refractivity contribution in [3.05, 3.63) is 71.8 Å². The third-order valence-electron chi connectivity index (χ3n) is 4.83. The zero-order valence-electron chi connectivity index (χ0n) is 16.1. The highest BCUT2D eigenvalue weighted by Crippen LogP contribution is 2.12. The van der Waals surface area contributed by atoms with Crippen LogP contribution in [0.5, 0.6) is 5.75 Å². The van der Waals surface area contributed by atoms with Gasteiger partial charge in [0, 0.05) is 11.6 Å². The van der Waals surface area contributed by atoms with Crippen molar-refractivity contribution in [1.29, 1.82) is 0 Å². The number of quaternary nitrogens is 1. The largest absolute Gasteiger partial charge is 0.497 e. The Bertz CT molecular complexity index is 813. The summed E-state index contributed by atoms with van der Waals surface area (Å²) in [6.45, 7) is 4.74. The van der Waals surface area contributed by atoms with E-state index in [2.05, 4.69) is 34.5 Å². The molecular weight excluding hydrogens is 370 g/mol. The van der Waals surface area contributed by atoms with Gasteiger partial charge < -0.3 is 14.5 Å². The Labute approximate surface area is 171 Å². The molecular formula is C22H26N3O2S+. The van der Waals surface area contributed by atoms with E-state index in [9.17, 15) is 4.79 Å². The summed E-state index contributed by atoms with van der Waals surface area (Å²) in [6.07, 6.45) is 3.27. The molecule has 6 heteroatoms. The molecule has 2 aromatic rings. The molecule has 5 nitrogen and oxygen atoms in total. The summed E-state index contributed by atoms with van der Waals surface area (Å²) in [5.41, 5.74) is 2.28. The van der Waals surface area contributed by atoms with Crippen LogP contribution in [0.25, 0.3) is 6.08 Å². The summed E-state index contributed by atoms with van der Waals surface area (Å²) in [7, 11) is 1.63. The molecule has 28 heavy (non-hydrogen) atoms. The zero-order valence-corrected chi connectivity index (χ0v) is 16.9. The van der Waals surface area contributed by atoms with Crippen molar-refractivity contribution in [3.63, 3.8) is 0 Å². The molecule has 0 saturated carbocycles. The van der Waals surface area contributed by atoms with E-state index in [0.29, 0.717) is 5.11 Å². The third-order valence-corrected chi connectivity index (χ3v) is 5.19. The fraction of sp³-hybridized carbons (Fsp3) is 0.273. The first-order valence-corrected chi connectivity index (χ1v) is 9.84. The molecule has 2 N–H and O–H groups in total. The van der Waals surface area contributed by atoms with Crippen molar-refractivity contribution >= 4 is 29.3 Å². The molecule has 0 radical (unpaired) electrons. The number of ether oxygens (including phenoxy) is 1. The van der Waals surface area contributed by atoms with Gasteiger partial charge in [-0.05, 0) is 36.0 Å². The van der Waals surface area contributed by atoms with E-state index in [4.69, 9.17) is 17.0 Å². The molecule has 1 saturated heterocycles. The lowest BCUT2D eigenvalue weighted by Gasteiger charge is -2.33. The van der Waals surface area contributed by atoms with Crippen LogP contribution in [0.3, 0.4) is 0 Å². The number of piperazine rings is 1. The van der Waals surface area contributed by atoms with Crippen molar-refractivity contribution in [2.45, 2.75) is 6.54 Å². The van der Waals surface area contributed by atoms with Gasteiger partial charge in [0.15, 0.2) is 5.11 Å². The SMILES string of the molecule is COc1ccc(/C=C\C(=O)NC(=S)N2CC[NH+](Cc3ccccc3)CC2)cc1. The lowest BCUT2D eigenvalue weighted by atomic mass is 10.2. The van der Waals surface area contributed by atoms with Gasteiger partial charge in [0.1, 0.15) is 12.3 Å². The molecule has 1 amide bonds. The number of rotatable bonds is 5. The van der Waals surface area contributed by atoms with Crippen LogP contribution in [-0.2, 0) is 11.3 Å². The van der Waals surface area contributed by atoms with Crippen LogP contribution >= 0.6 is 12.2 Å². The lowest BCUT2D eigenvalue weighted by molar-refractivity contribution is -0.917. The summed E-state index contributed by atoms with van der Waals surface area (Å²) in [5.74, 6) is 0.580. The quantitative estimate of drug-likeness (QED) is 0.594. The maximum absolute atomic E-state index is 12.2. The highest BCUT2D eigenvalue weighted by Gasteiger charge is 2.22. The number of nitrogens with zero attached hydrogens (tertiary/aromatic N) is 1. The fourth-order valence-corrected chi connectivity index (χ4v) is 3.48. The van der Waals surface area contributed by atoms with E-state index in [1.807, 2.05) is 30.3 Å². The molecule has 1 heterocycles. The monoisotopic (exact) mass is 396 g/mol. The maximum Gasteiger partial charge on any atom is 0.250 e. The average molecular weight is 397 g/mol. The number of thiocarbonyl (C=S) groups is 1. The highest BCUT2D eigenvalue weighted by molar-refractivity contribution is 7.80. The molecule has 0 aliphatic carbocycles. The number of carbonyl (C=O) groups excluding carboxylic acids is 1. The minimum Gasteiger partial charge on any atom is -0.497 e. The van der Waals surface area contributed by atoms with Crippen molar-refractivity contribution in [1.82, 2.24) is 10.2 Å². The molecule has 0 unspecified atom stereocenters. The van der Waals surface area contributed by atoms with E-state index in [-0.39, 0.29) is 5.91 Å². The topological polar surface area (TPSA) is 46.0 Å². The number of nitrogens with one attached hydrogen (secondary N) is 2. The molecule has 3 rings (SSSR count). The van der Waals surface area contributed by atoms with Crippen LogP contribution < -0.4 is 15.0 Å². The van der Waals surface area contributed by atoms with Gasteiger partial charge >= 0.3 is 0 Å². The summed E-state index contributed by atoms with van der Waals surface area (Å²) < 4.78 is 5.13. The molecule has 0 aromatic heterocycles. The van der Waals surface area contributed by atoms with Crippen molar-refractivity contribution in [3.8, 4) is 5.75 Å². The van der Waals surface area contributed by atoms with E-state index in [0.717, 1.165) is 44.0 Å². The molecule has 0 spiro atoms. The molecule has 0 bridgehead atoms. The third kappa shape index (κ3) is 5.90. The molecule has 2 aromatic carbocycles. The van der Waals surface area contributed by atoms with Gasteiger partial charge in [0.25, 0.3) is 0 Å². The summed E-state index contributed by atoms with van der Waals surface area (Å²) in [5, 5.41) is 3.31. The van der Waals surface area contributed by atoms with Gasteiger partial charge in [-0.15, -0.1) is 0 Å². The number of benzene rings is 2. The first-order chi connectivity index (χ1) is 13.6. The summed E-state index contributed by atoms with van der Waals surface area (Å²) >= 11 is 5.42. The van der Waals surface area contributed by atoms with Crippen molar-refractivity contribution < 1.29 is 14.4 Å². The number of hydrogen-bond acceptors (Lipinski definition) is 3. The van der Waals surface area contributed by atoms with Crippen molar-refractivity contribution in [2.24, 2.45) is 0 Å². The molecule has 0 atom stereocenters. The van der Waals surface area contributed by atoms with E-state index < -0.39 is 0 Å². The van der Waals surface area contributed by atoms with E-state index in [1.54, 1.807) is 13.2 Å². The average Bonchev–Trinajstić information content (AvgIpc) is 2.74. The zero-order chi connectivity index (χ0) is 19.8. The minimum atomic E-state index is -0.208. The Kier molecular flexibility index (Phi) is 7.17. The fourth-order valence-electron chi connectivity index (χ4n) is 3.20. The maximum atomic E-state index is 12.2. The van der Waals surface area contributed by atoms with Crippen LogP contribution in [0.15, 0.2) is 60.7 Å². The summed E-state index contributed by atoms with van der Waals surface area (Å²) in [4.78, 5) is 15.8. The Hall–Kier alpha value is -2.70. The number of carbonyl (C=O) groups is 1. The van der Waals surface area contributed by atoms with Gasteiger partial charge in [-0.2, -0.15) is 0 Å². The van der Waals surface area contributed by atoms with Crippen LogP contribution in [0.4, 0.5) is 0 Å². The van der Waals surface area contributed by atoms with Gasteiger partial charge in [-0.3, -0.25) is 10.1 Å². The second kappa shape index (κ2) is 10.0. The minimum absolute atomic E-state index is 0.208. The predicted molar refractivity (Wildman–Crippen MR) is 115 cm³/mol. The molecule has 1 aliphatic heterocycles. The Morgan fingerprint density at radius 3 is 2.46 bits per heavy atom. The highest BCUT2D eigenvalue weighted by atomic mass is 32.1. The predicted octanol–water partition coefficient (Wildman–Crippen LogP) is 1.51. The first kappa shape index (κ1) is 20.0. The Balaban J connectivity index is 1.43. The number of amides is 1. The lowest BCUT2D eigenvalue weighted by Crippen LogP contribution is -3.13. The van der Waals surface area contributed by atoms with Gasteiger partial charge in [0.05, 0.1) is 33.3 Å². The standard InChI is InChI=1S/C22H25N3O2S/c1-27-20-10-7-18(8-11-20)9-12-21(26)23-22(28)25-15-13-24(14-16-25)17-19-5-3-2-4-6-19/h2-12H,13-17H2,1H3,(H,23,26,28)/p+1/b12-9-. The number of hydrogen-bond donors (Lipinski definition) is 2. The van der Waals surface area contributed by atoms with Crippen LogP contribution in [0, 0.1) is 0 Å². The normalized spacial score (nSPS) is 14.8. The van der Waals surface area contributed by atoms with Gasteiger partial charge in [0.2, 0.25) is 5.91 Å².